The number of hydrogen-bond donors (Lipinski definition) is 1. The molecule has 1 aromatic carbocycles. The van der Waals surface area contributed by atoms with E-state index < -0.39 is 0 Å². The summed E-state index contributed by atoms with van der Waals surface area (Å²) in [6.07, 6.45) is 12.2. The van der Waals surface area contributed by atoms with Gasteiger partial charge in [-0.2, -0.15) is 5.10 Å². The number of rotatable bonds is 5. The van der Waals surface area contributed by atoms with Crippen LogP contribution in [-0.2, 0) is 0 Å². The molecule has 31 heavy (non-hydrogen) atoms. The summed E-state index contributed by atoms with van der Waals surface area (Å²) >= 11 is 1.71. The van der Waals surface area contributed by atoms with Crippen molar-refractivity contribution in [3.8, 4) is 16.9 Å². The fraction of sp³-hybridized carbons (Fsp3) is 0.375. The zero-order valence-electron chi connectivity index (χ0n) is 18.2. The molecule has 3 aromatic heterocycles. The van der Waals surface area contributed by atoms with E-state index in [4.69, 9.17) is 9.72 Å². The molecule has 0 unspecified atom stereocenters. The quantitative estimate of drug-likeness (QED) is 0.393. The molecule has 1 aliphatic rings. The average Bonchev–Trinajstić information content (AvgIpc) is 3.38. The van der Waals surface area contributed by atoms with E-state index in [1.54, 1.807) is 18.4 Å². The van der Waals surface area contributed by atoms with Gasteiger partial charge in [0, 0.05) is 22.2 Å². The maximum absolute atomic E-state index is 5.67. The molecule has 7 heteroatoms. The maximum Gasteiger partial charge on any atom is 0.227 e. The van der Waals surface area contributed by atoms with Gasteiger partial charge in [-0.25, -0.2) is 9.97 Å². The highest BCUT2D eigenvalue weighted by molar-refractivity contribution is 7.19. The summed E-state index contributed by atoms with van der Waals surface area (Å²) < 4.78 is 8.84. The van der Waals surface area contributed by atoms with Gasteiger partial charge in [-0.05, 0) is 38.3 Å². The van der Waals surface area contributed by atoms with Crippen molar-refractivity contribution < 1.29 is 4.74 Å². The van der Waals surface area contributed by atoms with E-state index in [2.05, 4.69) is 58.3 Å². The number of nitrogens with one attached hydrogen (secondary N) is 1. The van der Waals surface area contributed by atoms with Gasteiger partial charge in [0.25, 0.3) is 0 Å². The molecule has 1 aliphatic carbocycles. The molecule has 6 nitrogen and oxygen atoms in total. The van der Waals surface area contributed by atoms with Crippen molar-refractivity contribution in [3.63, 3.8) is 0 Å². The van der Waals surface area contributed by atoms with Gasteiger partial charge in [-0.1, -0.05) is 31.4 Å². The second kappa shape index (κ2) is 8.30. The molecule has 3 heterocycles. The number of aromatic nitrogens is 4. The van der Waals surface area contributed by atoms with E-state index in [1.807, 2.05) is 12.4 Å². The minimum Gasteiger partial charge on any atom is -0.496 e. The van der Waals surface area contributed by atoms with Crippen LogP contribution < -0.4 is 10.1 Å². The third kappa shape index (κ3) is 3.90. The Morgan fingerprint density at radius 1 is 1.13 bits per heavy atom. The normalized spacial score (nSPS) is 14.8. The van der Waals surface area contributed by atoms with Crippen molar-refractivity contribution >= 4 is 33.2 Å². The number of nitrogens with zero attached hydrogens (tertiary/aromatic N) is 4. The largest absolute Gasteiger partial charge is 0.496 e. The highest BCUT2D eigenvalue weighted by atomic mass is 32.1. The van der Waals surface area contributed by atoms with Crippen molar-refractivity contribution in [2.24, 2.45) is 0 Å². The van der Waals surface area contributed by atoms with Crippen LogP contribution in [0.2, 0.25) is 0 Å². The molecule has 160 valence electrons. The summed E-state index contributed by atoms with van der Waals surface area (Å²) in [5.74, 6) is 1.45. The number of fused-ring (bicyclic) bond motifs is 1. The number of benzene rings is 1. The van der Waals surface area contributed by atoms with Crippen LogP contribution in [0.15, 0.2) is 36.8 Å². The third-order valence-corrected chi connectivity index (χ3v) is 7.07. The van der Waals surface area contributed by atoms with E-state index in [1.165, 1.54) is 42.5 Å². The van der Waals surface area contributed by atoms with Crippen LogP contribution in [-0.4, -0.2) is 26.9 Å². The second-order valence-corrected chi connectivity index (χ2v) is 9.53. The fourth-order valence-electron chi connectivity index (χ4n) is 4.47. The summed E-state index contributed by atoms with van der Waals surface area (Å²) in [6, 6.07) is 6.80. The van der Waals surface area contributed by atoms with Gasteiger partial charge < -0.3 is 10.1 Å². The molecule has 1 saturated carbocycles. The Bertz CT molecular complexity index is 1220. The number of ether oxygens (including phenoxy) is 1. The first-order valence-corrected chi connectivity index (χ1v) is 11.7. The number of thiophene rings is 1. The number of methoxy groups -OCH3 is 1. The Labute approximate surface area is 186 Å². The molecule has 0 radical (unpaired) electrons. The predicted octanol–water partition coefficient (Wildman–Crippen LogP) is 6.43. The fourth-order valence-corrected chi connectivity index (χ4v) is 5.45. The summed E-state index contributed by atoms with van der Waals surface area (Å²) in [7, 11) is 1.72. The van der Waals surface area contributed by atoms with Gasteiger partial charge in [0.2, 0.25) is 5.95 Å². The van der Waals surface area contributed by atoms with E-state index in [0.29, 0.717) is 12.0 Å². The standard InChI is InChI=1S/C24H27N5OS/c1-15-9-10-19(20(11-15)30-3)22-16(2)31-21-13-25-24(28-23(21)22)27-17-12-26-29(14-17)18-7-5-4-6-8-18/h9-14,18H,4-8H2,1-3H3,(H,25,27,28). The van der Waals surface area contributed by atoms with Gasteiger partial charge in [0.05, 0.1) is 41.4 Å². The Morgan fingerprint density at radius 2 is 1.97 bits per heavy atom. The van der Waals surface area contributed by atoms with Crippen LogP contribution in [0, 0.1) is 13.8 Å². The number of anilines is 2. The van der Waals surface area contributed by atoms with Gasteiger partial charge >= 0.3 is 0 Å². The SMILES string of the molecule is COc1cc(C)ccc1-c1c(C)sc2cnc(Nc3cnn(C4CCCCC4)c3)nc12. The van der Waals surface area contributed by atoms with Crippen LogP contribution in [0.1, 0.15) is 48.6 Å². The van der Waals surface area contributed by atoms with Crippen molar-refractivity contribution in [2.45, 2.75) is 52.0 Å². The maximum atomic E-state index is 5.67. The zero-order chi connectivity index (χ0) is 21.4. The molecule has 0 saturated heterocycles. The molecule has 0 atom stereocenters. The molecule has 1 N–H and O–H groups in total. The smallest absolute Gasteiger partial charge is 0.227 e. The Kier molecular flexibility index (Phi) is 5.36. The Balaban J connectivity index is 1.48. The monoisotopic (exact) mass is 433 g/mol. The summed E-state index contributed by atoms with van der Waals surface area (Å²) in [6.45, 7) is 4.20. The molecule has 0 bridgehead atoms. The van der Waals surface area contributed by atoms with Crippen LogP contribution in [0.25, 0.3) is 21.3 Å². The summed E-state index contributed by atoms with van der Waals surface area (Å²) in [4.78, 5) is 10.6. The molecule has 4 aromatic rings. The minimum absolute atomic E-state index is 0.507. The number of aryl methyl sites for hydroxylation is 2. The first kappa shape index (κ1) is 20.0. The lowest BCUT2D eigenvalue weighted by atomic mass is 9.96. The number of hydrogen-bond acceptors (Lipinski definition) is 6. The second-order valence-electron chi connectivity index (χ2n) is 8.27. The lowest BCUT2D eigenvalue weighted by molar-refractivity contribution is 0.329. The van der Waals surface area contributed by atoms with Crippen LogP contribution in [0.4, 0.5) is 11.6 Å². The Morgan fingerprint density at radius 3 is 2.77 bits per heavy atom. The van der Waals surface area contributed by atoms with Gasteiger partial charge in [0.15, 0.2) is 0 Å². The van der Waals surface area contributed by atoms with E-state index in [-0.39, 0.29) is 0 Å². The van der Waals surface area contributed by atoms with E-state index in [9.17, 15) is 0 Å². The van der Waals surface area contributed by atoms with Crippen molar-refractivity contribution in [3.05, 3.63) is 47.2 Å². The van der Waals surface area contributed by atoms with Gasteiger partial charge in [-0.3, -0.25) is 4.68 Å². The molecular weight excluding hydrogens is 406 g/mol. The van der Waals surface area contributed by atoms with Crippen molar-refractivity contribution in [1.82, 2.24) is 19.7 Å². The minimum atomic E-state index is 0.507. The Hall–Kier alpha value is -2.93. The van der Waals surface area contributed by atoms with Crippen LogP contribution >= 0.6 is 11.3 Å². The first-order chi connectivity index (χ1) is 15.1. The predicted molar refractivity (Wildman–Crippen MR) is 127 cm³/mol. The first-order valence-electron chi connectivity index (χ1n) is 10.8. The molecule has 0 aliphatic heterocycles. The van der Waals surface area contributed by atoms with E-state index >= 15 is 0 Å². The zero-order valence-corrected chi connectivity index (χ0v) is 19.0. The summed E-state index contributed by atoms with van der Waals surface area (Å²) in [5, 5.41) is 7.93. The average molecular weight is 434 g/mol. The molecule has 0 amide bonds. The topological polar surface area (TPSA) is 64.9 Å². The summed E-state index contributed by atoms with van der Waals surface area (Å²) in [5.41, 5.74) is 5.21. The molecular formula is C24H27N5OS. The van der Waals surface area contributed by atoms with Crippen LogP contribution in [0.5, 0.6) is 5.75 Å². The van der Waals surface area contributed by atoms with Crippen molar-refractivity contribution in [1.29, 1.82) is 0 Å². The highest BCUT2D eigenvalue weighted by Crippen LogP contribution is 2.41. The van der Waals surface area contributed by atoms with Gasteiger partial charge in [-0.15, -0.1) is 11.3 Å². The molecule has 0 spiro atoms. The van der Waals surface area contributed by atoms with Crippen molar-refractivity contribution in [2.75, 3.05) is 12.4 Å². The third-order valence-electron chi connectivity index (χ3n) is 6.04. The lowest BCUT2D eigenvalue weighted by Gasteiger charge is -2.21. The highest BCUT2D eigenvalue weighted by Gasteiger charge is 2.19. The molecule has 5 rings (SSSR count). The lowest BCUT2D eigenvalue weighted by Crippen LogP contribution is -2.12. The molecule has 1 fully saturated rings. The van der Waals surface area contributed by atoms with Crippen LogP contribution in [0.3, 0.4) is 0 Å². The van der Waals surface area contributed by atoms with E-state index in [0.717, 1.165) is 32.8 Å². The van der Waals surface area contributed by atoms with Gasteiger partial charge in [0.1, 0.15) is 5.75 Å².